The first kappa shape index (κ1) is 15.5. The molecule has 0 bridgehead atoms. The lowest BCUT2D eigenvalue weighted by Crippen LogP contribution is -2.17. The van der Waals surface area contributed by atoms with E-state index in [2.05, 4.69) is 33.0 Å². The number of nitrogens with two attached hydrogens (primary N) is 1. The van der Waals surface area contributed by atoms with Gasteiger partial charge in [0.15, 0.2) is 0 Å². The molecule has 2 aromatic rings. The predicted octanol–water partition coefficient (Wildman–Crippen LogP) is 3.57. The fourth-order valence-corrected chi connectivity index (χ4v) is 2.40. The van der Waals surface area contributed by atoms with Crippen molar-refractivity contribution in [2.45, 2.75) is 13.1 Å². The molecular formula is C15H16BrN3O2. The van der Waals surface area contributed by atoms with Crippen LogP contribution in [0.15, 0.2) is 46.9 Å². The van der Waals surface area contributed by atoms with Crippen molar-refractivity contribution in [3.8, 4) is 0 Å². The molecule has 0 heterocycles. The lowest BCUT2D eigenvalue weighted by molar-refractivity contribution is -0.383. The topological polar surface area (TPSA) is 72.4 Å². The first-order valence-electron chi connectivity index (χ1n) is 6.41. The van der Waals surface area contributed by atoms with Crippen molar-refractivity contribution in [1.29, 1.82) is 0 Å². The average molecular weight is 350 g/mol. The fraction of sp³-hybridized carbons (Fsp3) is 0.200. The van der Waals surface area contributed by atoms with E-state index in [9.17, 15) is 10.1 Å². The van der Waals surface area contributed by atoms with Crippen LogP contribution in [0.1, 0.15) is 11.1 Å². The minimum absolute atomic E-state index is 0.0469. The van der Waals surface area contributed by atoms with E-state index in [-0.39, 0.29) is 11.4 Å². The molecule has 0 saturated carbocycles. The Morgan fingerprint density at radius 3 is 2.29 bits per heavy atom. The summed E-state index contributed by atoms with van der Waals surface area (Å²) in [6.07, 6.45) is 0. The summed E-state index contributed by atoms with van der Waals surface area (Å²) in [6.45, 7) is 1.47. The Morgan fingerprint density at radius 2 is 1.71 bits per heavy atom. The number of nitrogens with zero attached hydrogens (tertiary/aromatic N) is 2. The maximum atomic E-state index is 10.7. The molecule has 21 heavy (non-hydrogen) atoms. The Morgan fingerprint density at radius 1 is 1.14 bits per heavy atom. The lowest BCUT2D eigenvalue weighted by Gasteiger charge is -2.17. The average Bonchev–Trinajstić information content (AvgIpc) is 2.41. The SMILES string of the molecule is CN(Cc1ccc(Br)cc1)Cc1ccc([N+](=O)[O-])c(N)c1. The van der Waals surface area contributed by atoms with Crippen LogP contribution in [0, 0.1) is 10.1 Å². The van der Waals surface area contributed by atoms with Crippen molar-refractivity contribution in [2.24, 2.45) is 0 Å². The van der Waals surface area contributed by atoms with Gasteiger partial charge in [-0.05, 0) is 36.4 Å². The third-order valence-corrected chi connectivity index (χ3v) is 3.64. The van der Waals surface area contributed by atoms with Crippen molar-refractivity contribution in [2.75, 3.05) is 12.8 Å². The highest BCUT2D eigenvalue weighted by Gasteiger charge is 2.11. The Balaban J connectivity index is 2.02. The van der Waals surface area contributed by atoms with Crippen LogP contribution in [-0.4, -0.2) is 16.9 Å². The second kappa shape index (κ2) is 6.69. The monoisotopic (exact) mass is 349 g/mol. The Hall–Kier alpha value is -1.92. The van der Waals surface area contributed by atoms with Gasteiger partial charge in [-0.1, -0.05) is 34.1 Å². The highest BCUT2D eigenvalue weighted by atomic mass is 79.9. The fourth-order valence-electron chi connectivity index (χ4n) is 2.14. The van der Waals surface area contributed by atoms with E-state index in [4.69, 9.17) is 5.73 Å². The third-order valence-electron chi connectivity index (χ3n) is 3.11. The van der Waals surface area contributed by atoms with Crippen LogP contribution in [0.4, 0.5) is 11.4 Å². The number of rotatable bonds is 5. The second-order valence-corrected chi connectivity index (χ2v) is 5.86. The summed E-state index contributed by atoms with van der Waals surface area (Å²) < 4.78 is 1.05. The first-order chi connectivity index (χ1) is 9.95. The maximum Gasteiger partial charge on any atom is 0.292 e. The van der Waals surface area contributed by atoms with Crippen LogP contribution >= 0.6 is 15.9 Å². The predicted molar refractivity (Wildman–Crippen MR) is 86.8 cm³/mol. The lowest BCUT2D eigenvalue weighted by atomic mass is 10.1. The molecule has 0 aliphatic rings. The number of nitro benzene ring substituents is 1. The molecule has 0 saturated heterocycles. The van der Waals surface area contributed by atoms with Gasteiger partial charge in [-0.2, -0.15) is 0 Å². The van der Waals surface area contributed by atoms with E-state index < -0.39 is 4.92 Å². The number of hydrogen-bond donors (Lipinski definition) is 1. The molecule has 2 N–H and O–H groups in total. The molecule has 0 spiro atoms. The number of halogens is 1. The standard InChI is InChI=1S/C15H16BrN3O2/c1-18(9-11-2-5-13(16)6-3-11)10-12-4-7-15(19(20)21)14(17)8-12/h2-8H,9-10,17H2,1H3. The van der Waals surface area contributed by atoms with Gasteiger partial charge in [-0.3, -0.25) is 15.0 Å². The summed E-state index contributed by atoms with van der Waals surface area (Å²) >= 11 is 3.41. The van der Waals surface area contributed by atoms with Crippen molar-refractivity contribution < 1.29 is 4.92 Å². The van der Waals surface area contributed by atoms with Crippen LogP contribution in [0.2, 0.25) is 0 Å². The van der Waals surface area contributed by atoms with Crippen molar-refractivity contribution in [3.63, 3.8) is 0 Å². The molecule has 0 atom stereocenters. The van der Waals surface area contributed by atoms with E-state index in [1.807, 2.05) is 19.2 Å². The molecule has 0 fully saturated rings. The van der Waals surface area contributed by atoms with E-state index in [1.54, 1.807) is 12.1 Å². The minimum atomic E-state index is -0.468. The Kier molecular flexibility index (Phi) is 4.93. The number of nitrogen functional groups attached to an aromatic ring is 1. The normalized spacial score (nSPS) is 10.8. The molecule has 6 heteroatoms. The molecule has 0 aliphatic carbocycles. The van der Waals surface area contributed by atoms with E-state index in [1.165, 1.54) is 11.6 Å². The van der Waals surface area contributed by atoms with Crippen molar-refractivity contribution in [3.05, 3.63) is 68.2 Å². The van der Waals surface area contributed by atoms with E-state index in [0.29, 0.717) is 6.54 Å². The van der Waals surface area contributed by atoms with Gasteiger partial charge in [-0.25, -0.2) is 0 Å². The molecule has 2 aromatic carbocycles. The van der Waals surface area contributed by atoms with Crippen LogP contribution in [-0.2, 0) is 13.1 Å². The highest BCUT2D eigenvalue weighted by molar-refractivity contribution is 9.10. The minimum Gasteiger partial charge on any atom is -0.393 e. The number of anilines is 1. The molecule has 0 unspecified atom stereocenters. The smallest absolute Gasteiger partial charge is 0.292 e. The van der Waals surface area contributed by atoms with Gasteiger partial charge >= 0.3 is 0 Å². The van der Waals surface area contributed by atoms with Crippen molar-refractivity contribution in [1.82, 2.24) is 4.90 Å². The largest absolute Gasteiger partial charge is 0.393 e. The van der Waals surface area contributed by atoms with Crippen LogP contribution in [0.3, 0.4) is 0 Å². The van der Waals surface area contributed by atoms with Gasteiger partial charge < -0.3 is 5.73 Å². The van der Waals surface area contributed by atoms with E-state index in [0.717, 1.165) is 16.6 Å². The Labute approximate surface area is 131 Å². The summed E-state index contributed by atoms with van der Waals surface area (Å²) in [5.74, 6) is 0. The number of hydrogen-bond acceptors (Lipinski definition) is 4. The molecule has 110 valence electrons. The van der Waals surface area contributed by atoms with Gasteiger partial charge in [0.05, 0.1) is 4.92 Å². The molecule has 2 rings (SSSR count). The second-order valence-electron chi connectivity index (χ2n) is 4.95. The summed E-state index contributed by atoms with van der Waals surface area (Å²) in [7, 11) is 2.00. The first-order valence-corrected chi connectivity index (χ1v) is 7.21. The number of benzene rings is 2. The molecule has 5 nitrogen and oxygen atoms in total. The zero-order valence-corrected chi connectivity index (χ0v) is 13.2. The molecule has 0 amide bonds. The summed E-state index contributed by atoms with van der Waals surface area (Å²) in [5.41, 5.74) is 8.02. The molecule has 0 radical (unpaired) electrons. The zero-order chi connectivity index (χ0) is 15.4. The Bertz CT molecular complexity index is 644. The van der Waals surface area contributed by atoms with Gasteiger partial charge in [0.2, 0.25) is 0 Å². The molecule has 0 aliphatic heterocycles. The third kappa shape index (κ3) is 4.27. The van der Waals surface area contributed by atoms with Gasteiger partial charge in [0.25, 0.3) is 5.69 Å². The van der Waals surface area contributed by atoms with Gasteiger partial charge in [-0.15, -0.1) is 0 Å². The highest BCUT2D eigenvalue weighted by Crippen LogP contribution is 2.23. The molecule has 0 aromatic heterocycles. The zero-order valence-electron chi connectivity index (χ0n) is 11.6. The quantitative estimate of drug-likeness (QED) is 0.508. The maximum absolute atomic E-state index is 10.7. The van der Waals surface area contributed by atoms with E-state index >= 15 is 0 Å². The van der Waals surface area contributed by atoms with Crippen LogP contribution < -0.4 is 5.73 Å². The van der Waals surface area contributed by atoms with Crippen LogP contribution in [0.25, 0.3) is 0 Å². The number of nitro groups is 1. The van der Waals surface area contributed by atoms with Crippen LogP contribution in [0.5, 0.6) is 0 Å². The summed E-state index contributed by atoms with van der Waals surface area (Å²) in [6, 6.07) is 13.0. The molecular weight excluding hydrogens is 334 g/mol. The van der Waals surface area contributed by atoms with Crippen molar-refractivity contribution >= 4 is 27.3 Å². The van der Waals surface area contributed by atoms with Gasteiger partial charge in [0.1, 0.15) is 5.69 Å². The summed E-state index contributed by atoms with van der Waals surface area (Å²) in [5, 5.41) is 10.7. The summed E-state index contributed by atoms with van der Waals surface area (Å²) in [4.78, 5) is 12.4. The van der Waals surface area contributed by atoms with Gasteiger partial charge in [0, 0.05) is 23.6 Å².